The highest BCUT2D eigenvalue weighted by Crippen LogP contribution is 2.36. The molecular formula is C29H48N4O4. The number of hydrogen-bond donors (Lipinski definition) is 4. The Labute approximate surface area is 223 Å². The Bertz CT molecular complexity index is 843. The van der Waals surface area contributed by atoms with Crippen LogP contribution in [0.25, 0.3) is 0 Å². The van der Waals surface area contributed by atoms with Gasteiger partial charge in [0.25, 0.3) is 0 Å². The van der Waals surface area contributed by atoms with Crippen molar-refractivity contribution in [3.05, 3.63) is 36.0 Å². The van der Waals surface area contributed by atoms with Crippen LogP contribution in [0.2, 0.25) is 0 Å². The van der Waals surface area contributed by atoms with Crippen LogP contribution in [0.5, 0.6) is 0 Å². The van der Waals surface area contributed by atoms with Crippen molar-refractivity contribution in [2.75, 3.05) is 26.7 Å². The van der Waals surface area contributed by atoms with Crippen LogP contribution in [0.15, 0.2) is 36.0 Å². The molecule has 0 saturated heterocycles. The SMILES string of the molecule is C=C/C(=C(\C=C/C)CCCNC(=O)CNC(=O)C(C(C)O)N(C)C(=O)C(NCCC)C1CC1)C1CCC1. The van der Waals surface area contributed by atoms with Crippen LogP contribution < -0.4 is 16.0 Å². The fourth-order valence-corrected chi connectivity index (χ4v) is 4.91. The zero-order valence-electron chi connectivity index (χ0n) is 23.2. The topological polar surface area (TPSA) is 111 Å². The second-order valence-corrected chi connectivity index (χ2v) is 10.4. The summed E-state index contributed by atoms with van der Waals surface area (Å²) in [6.45, 7) is 10.5. The summed E-state index contributed by atoms with van der Waals surface area (Å²) in [6, 6.07) is -1.42. The van der Waals surface area contributed by atoms with E-state index < -0.39 is 18.1 Å². The minimum Gasteiger partial charge on any atom is -0.391 e. The van der Waals surface area contributed by atoms with Gasteiger partial charge in [-0.2, -0.15) is 0 Å². The smallest absolute Gasteiger partial charge is 0.245 e. The van der Waals surface area contributed by atoms with Crippen molar-refractivity contribution in [1.29, 1.82) is 0 Å². The van der Waals surface area contributed by atoms with Gasteiger partial charge in [0.05, 0.1) is 18.7 Å². The summed E-state index contributed by atoms with van der Waals surface area (Å²) < 4.78 is 0. The molecule has 0 aromatic rings. The Hall–Kier alpha value is -2.45. The molecule has 208 valence electrons. The van der Waals surface area contributed by atoms with Crippen LogP contribution in [0.4, 0.5) is 0 Å². The molecule has 0 spiro atoms. The summed E-state index contributed by atoms with van der Waals surface area (Å²) in [5, 5.41) is 19.0. The van der Waals surface area contributed by atoms with E-state index in [9.17, 15) is 19.5 Å². The largest absolute Gasteiger partial charge is 0.391 e. The maximum Gasteiger partial charge on any atom is 0.245 e. The standard InChI is InChI=1S/C29H48N4O4/c1-6-11-21(24(8-3)22-12-9-13-22)14-10-18-30-25(35)19-32-28(36)27(20(4)34)33(5)29(37)26(23-15-16-23)31-17-7-2/h6,8,11,20,22-23,26-27,31,34H,3,7,9-10,12-19H2,1-2,4-5H3,(H,30,35)(H,32,36)/b11-6-,24-21-. The van der Waals surface area contributed by atoms with E-state index in [0.29, 0.717) is 19.0 Å². The molecule has 0 aromatic carbocycles. The van der Waals surface area contributed by atoms with E-state index in [0.717, 1.165) is 32.1 Å². The van der Waals surface area contributed by atoms with Gasteiger partial charge in [0.15, 0.2) is 0 Å². The average Bonchev–Trinajstić information content (AvgIpc) is 3.67. The molecule has 0 aliphatic heterocycles. The predicted octanol–water partition coefficient (Wildman–Crippen LogP) is 2.84. The molecule has 4 N–H and O–H groups in total. The van der Waals surface area contributed by atoms with E-state index in [1.54, 1.807) is 7.05 Å². The number of allylic oxidation sites excluding steroid dienone is 5. The van der Waals surface area contributed by atoms with Gasteiger partial charge in [0, 0.05) is 13.6 Å². The number of nitrogens with zero attached hydrogens (tertiary/aromatic N) is 1. The van der Waals surface area contributed by atoms with E-state index in [1.807, 2.05) is 26.0 Å². The van der Waals surface area contributed by atoms with Crippen LogP contribution in [0.1, 0.15) is 72.1 Å². The lowest BCUT2D eigenvalue weighted by Crippen LogP contribution is -2.58. The van der Waals surface area contributed by atoms with Crippen LogP contribution in [0, 0.1) is 11.8 Å². The summed E-state index contributed by atoms with van der Waals surface area (Å²) in [6.07, 6.45) is 13.3. The van der Waals surface area contributed by atoms with E-state index in [1.165, 1.54) is 42.2 Å². The van der Waals surface area contributed by atoms with Crippen molar-refractivity contribution >= 4 is 17.7 Å². The third-order valence-corrected chi connectivity index (χ3v) is 7.34. The van der Waals surface area contributed by atoms with Crippen molar-refractivity contribution in [2.45, 2.75) is 90.3 Å². The minimum absolute atomic E-state index is 0.202. The van der Waals surface area contributed by atoms with Crippen molar-refractivity contribution in [2.24, 2.45) is 11.8 Å². The third kappa shape index (κ3) is 9.42. The number of rotatable bonds is 17. The van der Waals surface area contributed by atoms with E-state index >= 15 is 0 Å². The molecule has 0 bridgehead atoms. The van der Waals surface area contributed by atoms with Crippen LogP contribution in [-0.4, -0.2) is 72.6 Å². The van der Waals surface area contributed by atoms with Crippen LogP contribution in [-0.2, 0) is 14.4 Å². The van der Waals surface area contributed by atoms with Gasteiger partial charge in [-0.3, -0.25) is 14.4 Å². The Balaban J connectivity index is 1.83. The highest BCUT2D eigenvalue weighted by atomic mass is 16.3. The minimum atomic E-state index is -1.07. The molecule has 2 rings (SSSR count). The molecule has 8 heteroatoms. The van der Waals surface area contributed by atoms with Crippen molar-refractivity contribution < 1.29 is 19.5 Å². The Morgan fingerprint density at radius 3 is 2.35 bits per heavy atom. The maximum atomic E-state index is 13.1. The number of amides is 3. The number of carbonyl (C=O) groups excluding carboxylic acids is 3. The summed E-state index contributed by atoms with van der Waals surface area (Å²) >= 11 is 0. The molecule has 3 unspecified atom stereocenters. The normalized spacial score (nSPS) is 18.8. The predicted molar refractivity (Wildman–Crippen MR) is 148 cm³/mol. The van der Waals surface area contributed by atoms with Crippen LogP contribution >= 0.6 is 0 Å². The number of aliphatic hydroxyl groups is 1. The molecule has 2 aliphatic carbocycles. The highest BCUT2D eigenvalue weighted by molar-refractivity contribution is 5.92. The van der Waals surface area contributed by atoms with Crippen molar-refractivity contribution in [3.8, 4) is 0 Å². The summed E-state index contributed by atoms with van der Waals surface area (Å²) in [5.41, 5.74) is 2.59. The number of hydrogen-bond acceptors (Lipinski definition) is 5. The van der Waals surface area contributed by atoms with Crippen LogP contribution in [0.3, 0.4) is 0 Å². The Kier molecular flexibility index (Phi) is 13.1. The van der Waals surface area contributed by atoms with Gasteiger partial charge >= 0.3 is 0 Å². The summed E-state index contributed by atoms with van der Waals surface area (Å²) in [5.74, 6) is -0.175. The van der Waals surface area contributed by atoms with Gasteiger partial charge < -0.3 is 26.0 Å². The highest BCUT2D eigenvalue weighted by Gasteiger charge is 2.41. The van der Waals surface area contributed by atoms with Gasteiger partial charge in [-0.1, -0.05) is 38.2 Å². The molecule has 0 aromatic heterocycles. The summed E-state index contributed by atoms with van der Waals surface area (Å²) in [7, 11) is 1.54. The monoisotopic (exact) mass is 516 g/mol. The molecule has 3 amide bonds. The zero-order valence-corrected chi connectivity index (χ0v) is 23.2. The molecule has 2 aliphatic rings. The number of carbonyl (C=O) groups is 3. The molecular weight excluding hydrogens is 468 g/mol. The average molecular weight is 517 g/mol. The quantitative estimate of drug-likeness (QED) is 0.176. The van der Waals surface area contributed by atoms with Gasteiger partial charge in [-0.25, -0.2) is 0 Å². The lowest BCUT2D eigenvalue weighted by molar-refractivity contribution is -0.144. The first-order valence-electron chi connectivity index (χ1n) is 14.0. The molecule has 0 radical (unpaired) electrons. The van der Waals surface area contributed by atoms with Gasteiger partial charge in [-0.05, 0) is 88.3 Å². The molecule has 2 saturated carbocycles. The molecule has 37 heavy (non-hydrogen) atoms. The first kappa shape index (κ1) is 30.8. The van der Waals surface area contributed by atoms with E-state index in [-0.39, 0.29) is 30.3 Å². The van der Waals surface area contributed by atoms with E-state index in [2.05, 4.69) is 28.6 Å². The number of aliphatic hydroxyl groups excluding tert-OH is 1. The first-order chi connectivity index (χ1) is 17.7. The fourth-order valence-electron chi connectivity index (χ4n) is 4.91. The van der Waals surface area contributed by atoms with Crippen molar-refractivity contribution in [1.82, 2.24) is 20.9 Å². The zero-order chi connectivity index (χ0) is 27.4. The molecule has 0 heterocycles. The Morgan fingerprint density at radius 2 is 1.84 bits per heavy atom. The first-order valence-corrected chi connectivity index (χ1v) is 14.0. The lowest BCUT2D eigenvalue weighted by atomic mass is 9.77. The second-order valence-electron chi connectivity index (χ2n) is 10.4. The molecule has 8 nitrogen and oxygen atoms in total. The van der Waals surface area contributed by atoms with Gasteiger partial charge in [0.2, 0.25) is 17.7 Å². The number of likely N-dealkylation sites (N-methyl/N-ethyl adjacent to an activating group) is 1. The van der Waals surface area contributed by atoms with Gasteiger partial charge in [-0.15, -0.1) is 0 Å². The van der Waals surface area contributed by atoms with Gasteiger partial charge in [0.1, 0.15) is 6.04 Å². The molecule has 3 atom stereocenters. The van der Waals surface area contributed by atoms with E-state index in [4.69, 9.17) is 0 Å². The molecule has 2 fully saturated rings. The Morgan fingerprint density at radius 1 is 1.14 bits per heavy atom. The second kappa shape index (κ2) is 15.7. The summed E-state index contributed by atoms with van der Waals surface area (Å²) in [4.78, 5) is 39.7. The van der Waals surface area contributed by atoms with Crippen molar-refractivity contribution in [3.63, 3.8) is 0 Å². The number of nitrogens with one attached hydrogen (secondary N) is 3. The maximum absolute atomic E-state index is 13.1. The third-order valence-electron chi connectivity index (χ3n) is 7.34. The lowest BCUT2D eigenvalue weighted by Gasteiger charge is -2.32. The fraction of sp³-hybridized carbons (Fsp3) is 0.690.